The Morgan fingerprint density at radius 1 is 1.29 bits per heavy atom. The minimum atomic E-state index is -0.328. The van der Waals surface area contributed by atoms with Crippen LogP contribution in [0.2, 0.25) is 0 Å². The van der Waals surface area contributed by atoms with Gasteiger partial charge in [-0.3, -0.25) is 0 Å². The lowest BCUT2D eigenvalue weighted by Gasteiger charge is -2.23. The van der Waals surface area contributed by atoms with Gasteiger partial charge in [0.25, 0.3) is 0 Å². The van der Waals surface area contributed by atoms with Crippen LogP contribution in [0.3, 0.4) is 0 Å². The molecule has 0 aliphatic carbocycles. The van der Waals surface area contributed by atoms with E-state index < -0.39 is 0 Å². The third-order valence-corrected chi connectivity index (χ3v) is 3.79. The van der Waals surface area contributed by atoms with Gasteiger partial charge in [0.2, 0.25) is 0 Å². The van der Waals surface area contributed by atoms with Gasteiger partial charge in [-0.15, -0.1) is 0 Å². The number of rotatable bonds is 6. The highest BCUT2D eigenvalue weighted by Gasteiger charge is 2.20. The predicted molar refractivity (Wildman–Crippen MR) is 71.1 cm³/mol. The summed E-state index contributed by atoms with van der Waals surface area (Å²) in [6.45, 7) is 10.8. The van der Waals surface area contributed by atoms with Gasteiger partial charge in [-0.2, -0.15) is 0 Å². The maximum atomic E-state index is 9.83. The Kier molecular flexibility index (Phi) is 7.09. The number of ether oxygens (including phenoxy) is 1. The molecule has 17 heavy (non-hydrogen) atoms. The molecule has 1 aliphatic heterocycles. The minimum Gasteiger partial charge on any atom is -0.389 e. The first-order valence-corrected chi connectivity index (χ1v) is 7.11. The number of nitrogens with zero attached hydrogens (tertiary/aromatic N) is 1. The van der Waals surface area contributed by atoms with Crippen molar-refractivity contribution in [3.8, 4) is 0 Å². The summed E-state index contributed by atoms with van der Waals surface area (Å²) in [4.78, 5) is 2.39. The van der Waals surface area contributed by atoms with E-state index in [9.17, 15) is 5.11 Å². The van der Waals surface area contributed by atoms with Crippen LogP contribution in [0.5, 0.6) is 0 Å². The first kappa shape index (κ1) is 14.9. The molecule has 0 bridgehead atoms. The van der Waals surface area contributed by atoms with E-state index in [0.29, 0.717) is 13.2 Å². The Hall–Kier alpha value is -0.120. The second kappa shape index (κ2) is 8.06. The van der Waals surface area contributed by atoms with E-state index in [1.165, 1.54) is 19.3 Å². The Morgan fingerprint density at radius 2 is 2.06 bits per heavy atom. The summed E-state index contributed by atoms with van der Waals surface area (Å²) in [7, 11) is 0. The van der Waals surface area contributed by atoms with E-state index in [1.54, 1.807) is 0 Å². The van der Waals surface area contributed by atoms with Crippen LogP contribution in [0.15, 0.2) is 0 Å². The molecule has 0 saturated carbocycles. The van der Waals surface area contributed by atoms with Gasteiger partial charge in [0.15, 0.2) is 0 Å². The number of aliphatic hydroxyl groups excluding tert-OH is 1. The molecule has 2 atom stereocenters. The molecule has 0 amide bonds. The Morgan fingerprint density at radius 3 is 2.71 bits per heavy atom. The summed E-state index contributed by atoms with van der Waals surface area (Å²) in [5.41, 5.74) is 0. The van der Waals surface area contributed by atoms with Crippen molar-refractivity contribution in [3.05, 3.63) is 0 Å². The highest BCUT2D eigenvalue weighted by molar-refractivity contribution is 4.73. The SMILES string of the molecule is CCOCC(O)CN1CCCC(C(C)C)CC1. The van der Waals surface area contributed by atoms with E-state index in [0.717, 1.165) is 31.5 Å². The fourth-order valence-electron chi connectivity index (χ4n) is 2.64. The fourth-order valence-corrected chi connectivity index (χ4v) is 2.64. The summed E-state index contributed by atoms with van der Waals surface area (Å²) < 4.78 is 5.25. The lowest BCUT2D eigenvalue weighted by Crippen LogP contribution is -2.35. The maximum Gasteiger partial charge on any atom is 0.0900 e. The average molecular weight is 243 g/mol. The van der Waals surface area contributed by atoms with Crippen molar-refractivity contribution >= 4 is 0 Å². The van der Waals surface area contributed by atoms with Gasteiger partial charge in [-0.25, -0.2) is 0 Å². The molecule has 0 radical (unpaired) electrons. The molecule has 0 aromatic rings. The van der Waals surface area contributed by atoms with E-state index >= 15 is 0 Å². The van der Waals surface area contributed by atoms with Crippen molar-refractivity contribution in [1.29, 1.82) is 0 Å². The molecule has 3 heteroatoms. The number of hydrogen-bond acceptors (Lipinski definition) is 3. The van der Waals surface area contributed by atoms with Crippen LogP contribution in [0.1, 0.15) is 40.0 Å². The van der Waals surface area contributed by atoms with Crippen LogP contribution in [0.25, 0.3) is 0 Å². The van der Waals surface area contributed by atoms with Crippen molar-refractivity contribution in [2.45, 2.75) is 46.1 Å². The molecular weight excluding hydrogens is 214 g/mol. The van der Waals surface area contributed by atoms with Crippen LogP contribution in [0, 0.1) is 11.8 Å². The molecule has 102 valence electrons. The third kappa shape index (κ3) is 5.84. The Bertz CT molecular complexity index is 197. The first-order valence-electron chi connectivity index (χ1n) is 7.11. The Labute approximate surface area is 106 Å². The van der Waals surface area contributed by atoms with Gasteiger partial charge in [-0.1, -0.05) is 13.8 Å². The van der Waals surface area contributed by atoms with Gasteiger partial charge in [0.05, 0.1) is 12.7 Å². The van der Waals surface area contributed by atoms with Gasteiger partial charge >= 0.3 is 0 Å². The highest BCUT2D eigenvalue weighted by atomic mass is 16.5. The van der Waals surface area contributed by atoms with E-state index in [-0.39, 0.29) is 6.10 Å². The van der Waals surface area contributed by atoms with Gasteiger partial charge < -0.3 is 14.7 Å². The maximum absolute atomic E-state index is 9.83. The van der Waals surface area contributed by atoms with Crippen molar-refractivity contribution in [1.82, 2.24) is 4.90 Å². The molecular formula is C14H29NO2. The zero-order valence-electron chi connectivity index (χ0n) is 11.7. The van der Waals surface area contributed by atoms with Crippen LogP contribution in [-0.2, 0) is 4.74 Å². The molecule has 1 saturated heterocycles. The lowest BCUT2D eigenvalue weighted by atomic mass is 9.89. The molecule has 2 unspecified atom stereocenters. The third-order valence-electron chi connectivity index (χ3n) is 3.79. The van der Waals surface area contributed by atoms with Crippen molar-refractivity contribution in [2.75, 3.05) is 32.8 Å². The topological polar surface area (TPSA) is 32.7 Å². The highest BCUT2D eigenvalue weighted by Crippen LogP contribution is 2.24. The molecule has 1 aliphatic rings. The predicted octanol–water partition coefficient (Wildman–Crippen LogP) is 2.14. The van der Waals surface area contributed by atoms with E-state index in [4.69, 9.17) is 4.74 Å². The standard InChI is InChI=1S/C14H29NO2/c1-4-17-11-14(16)10-15-8-5-6-13(7-9-15)12(2)3/h12-14,16H,4-11H2,1-3H3. The van der Waals surface area contributed by atoms with E-state index in [2.05, 4.69) is 18.7 Å². The van der Waals surface area contributed by atoms with Crippen LogP contribution in [0.4, 0.5) is 0 Å². The van der Waals surface area contributed by atoms with Crippen molar-refractivity contribution in [2.24, 2.45) is 11.8 Å². The number of likely N-dealkylation sites (tertiary alicyclic amines) is 1. The smallest absolute Gasteiger partial charge is 0.0900 e. The molecule has 1 rings (SSSR count). The van der Waals surface area contributed by atoms with Crippen LogP contribution >= 0.6 is 0 Å². The molecule has 1 N–H and O–H groups in total. The molecule has 3 nitrogen and oxygen atoms in total. The summed E-state index contributed by atoms with van der Waals surface area (Å²) in [5.74, 6) is 1.66. The number of aliphatic hydroxyl groups is 1. The van der Waals surface area contributed by atoms with Gasteiger partial charge in [0, 0.05) is 13.2 Å². The molecule has 0 aromatic heterocycles. The average Bonchev–Trinajstić information content (AvgIpc) is 2.52. The second-order valence-corrected chi connectivity index (χ2v) is 5.55. The van der Waals surface area contributed by atoms with Gasteiger partial charge in [0.1, 0.15) is 0 Å². The summed E-state index contributed by atoms with van der Waals surface area (Å²) in [6.07, 6.45) is 3.56. The van der Waals surface area contributed by atoms with Gasteiger partial charge in [-0.05, 0) is 51.1 Å². The quantitative estimate of drug-likeness (QED) is 0.776. The van der Waals surface area contributed by atoms with Crippen LogP contribution < -0.4 is 0 Å². The molecule has 0 aromatic carbocycles. The Balaban J connectivity index is 2.26. The monoisotopic (exact) mass is 243 g/mol. The fraction of sp³-hybridized carbons (Fsp3) is 1.00. The largest absolute Gasteiger partial charge is 0.389 e. The molecule has 1 fully saturated rings. The lowest BCUT2D eigenvalue weighted by molar-refractivity contribution is 0.0215. The van der Waals surface area contributed by atoms with Crippen molar-refractivity contribution < 1.29 is 9.84 Å². The molecule has 1 heterocycles. The van der Waals surface area contributed by atoms with Crippen LogP contribution in [-0.4, -0.2) is 49.0 Å². The number of hydrogen-bond donors (Lipinski definition) is 1. The normalized spacial score (nSPS) is 24.9. The zero-order chi connectivity index (χ0) is 12.7. The van der Waals surface area contributed by atoms with Crippen molar-refractivity contribution in [3.63, 3.8) is 0 Å². The zero-order valence-corrected chi connectivity index (χ0v) is 11.7. The minimum absolute atomic E-state index is 0.328. The number of β-amino-alcohol motifs (C(OH)–C–C–N with tert-alkyl or cyclic N) is 1. The molecule has 0 spiro atoms. The summed E-state index contributed by atoms with van der Waals surface area (Å²) in [6, 6.07) is 0. The second-order valence-electron chi connectivity index (χ2n) is 5.55. The van der Waals surface area contributed by atoms with E-state index in [1.807, 2.05) is 6.92 Å². The summed E-state index contributed by atoms with van der Waals surface area (Å²) in [5, 5.41) is 9.83. The summed E-state index contributed by atoms with van der Waals surface area (Å²) >= 11 is 0. The first-order chi connectivity index (χ1) is 8.13.